The molecule has 0 amide bonds. The summed E-state index contributed by atoms with van der Waals surface area (Å²) in [5.74, 6) is -0.101. The van der Waals surface area contributed by atoms with E-state index in [1.54, 1.807) is 12.1 Å². The molecule has 1 heterocycles. The van der Waals surface area contributed by atoms with E-state index < -0.39 is 5.97 Å². The number of nitrogens with zero attached hydrogens (tertiary/aromatic N) is 2. The van der Waals surface area contributed by atoms with E-state index in [1.807, 2.05) is 0 Å². The van der Waals surface area contributed by atoms with E-state index in [0.717, 1.165) is 5.28 Å². The maximum absolute atomic E-state index is 10.9. The highest BCUT2D eigenvalue weighted by Crippen LogP contribution is 2.16. The van der Waals surface area contributed by atoms with Gasteiger partial charge in [-0.05, 0) is 23.5 Å². The van der Waals surface area contributed by atoms with Gasteiger partial charge in [0, 0.05) is 0 Å². The summed E-state index contributed by atoms with van der Waals surface area (Å²) in [4.78, 5) is 16.3. The van der Waals surface area contributed by atoms with E-state index in [4.69, 9.17) is 19.4 Å². The van der Waals surface area contributed by atoms with Gasteiger partial charge < -0.3 is 19.4 Å². The molecule has 1 aliphatic rings. The number of aromatic carboxylic acids is 1. The van der Waals surface area contributed by atoms with Crippen LogP contribution in [0, 0.1) is 0 Å². The van der Waals surface area contributed by atoms with Crippen LogP contribution in [-0.2, 0) is 9.47 Å². The second-order valence-corrected chi connectivity index (χ2v) is 3.66. The van der Waals surface area contributed by atoms with Gasteiger partial charge in [0.1, 0.15) is 0 Å². The van der Waals surface area contributed by atoms with Crippen molar-refractivity contribution in [2.75, 3.05) is 14.2 Å². The van der Waals surface area contributed by atoms with Gasteiger partial charge in [-0.25, -0.2) is 10.2 Å². The quantitative estimate of drug-likeness (QED) is 0.847. The minimum atomic E-state index is -1.04. The second-order valence-electron chi connectivity index (χ2n) is 3.66. The molecule has 2 N–H and O–H groups in total. The Morgan fingerprint density at radius 3 is 2.80 bits per heavy atom. The maximum Gasteiger partial charge on any atom is 0.335 e. The van der Waals surface area contributed by atoms with Gasteiger partial charge in [-0.15, -0.1) is 0 Å². The zero-order valence-corrected chi connectivity index (χ0v) is 10.9. The lowest BCUT2D eigenvalue weighted by molar-refractivity contribution is -0.111. The number of methoxy groups -OCH3 is 2. The van der Waals surface area contributed by atoms with Crippen molar-refractivity contribution < 1.29 is 24.2 Å². The molecule has 1 aromatic rings. The van der Waals surface area contributed by atoms with E-state index in [0.29, 0.717) is 11.6 Å². The van der Waals surface area contributed by atoms with Crippen LogP contribution < -0.4 is 10.3 Å². The van der Waals surface area contributed by atoms with Crippen LogP contribution in [-0.4, -0.2) is 36.5 Å². The fourth-order valence-electron chi connectivity index (χ4n) is 1.42. The highest BCUT2D eigenvalue weighted by Gasteiger charge is 2.16. The van der Waals surface area contributed by atoms with Crippen molar-refractivity contribution in [3.05, 3.63) is 41.8 Å². The molecule has 1 aromatic carbocycles. The Balaban J connectivity index is 2.14. The van der Waals surface area contributed by atoms with Gasteiger partial charge in [0.2, 0.25) is 11.8 Å². The molecule has 0 saturated heterocycles. The largest absolute Gasteiger partial charge is 0.481 e. The Labute approximate surface area is 114 Å². The van der Waals surface area contributed by atoms with E-state index in [1.165, 1.54) is 32.4 Å². The predicted molar refractivity (Wildman–Crippen MR) is 68.5 cm³/mol. The minimum Gasteiger partial charge on any atom is -0.481 e. The van der Waals surface area contributed by atoms with Gasteiger partial charge in [0.05, 0.1) is 25.9 Å². The van der Waals surface area contributed by atoms with Gasteiger partial charge in [-0.3, -0.25) is 0 Å². The summed E-state index contributed by atoms with van der Waals surface area (Å²) < 4.78 is 10.0. The number of hydrazine groups is 1. The third kappa shape index (κ3) is 3.10. The molecule has 0 spiro atoms. The normalized spacial score (nSPS) is 13.8. The van der Waals surface area contributed by atoms with Crippen LogP contribution in [0.4, 0.5) is 0 Å². The number of hydrazone groups is 1. The number of ether oxygens (including phenoxy) is 2. The first-order valence-electron chi connectivity index (χ1n) is 5.59. The summed E-state index contributed by atoms with van der Waals surface area (Å²) >= 11 is 0. The number of carboxylic acid groups (broad SMARTS) is 1. The Morgan fingerprint density at radius 2 is 2.15 bits per heavy atom. The van der Waals surface area contributed by atoms with E-state index >= 15 is 0 Å². The molecule has 0 bridgehead atoms. The molecule has 8 heteroatoms. The van der Waals surface area contributed by atoms with Gasteiger partial charge in [-0.2, -0.15) is 0 Å². The number of carbonyl (C=O) groups is 1. The van der Waals surface area contributed by atoms with Crippen LogP contribution in [0.25, 0.3) is 0 Å². The van der Waals surface area contributed by atoms with Crippen molar-refractivity contribution in [1.82, 2.24) is 10.7 Å². The van der Waals surface area contributed by atoms with Gasteiger partial charge >= 0.3 is 5.97 Å². The van der Waals surface area contributed by atoms with Crippen molar-refractivity contribution in [2.45, 2.75) is 0 Å². The van der Waals surface area contributed by atoms with E-state index in [2.05, 4.69) is 10.5 Å². The molecule has 0 unspecified atom stereocenters. The van der Waals surface area contributed by atoms with Crippen molar-refractivity contribution in [2.24, 2.45) is 5.10 Å². The van der Waals surface area contributed by atoms with Crippen LogP contribution in [0.1, 0.15) is 10.4 Å². The number of benzene rings is 1. The third-order valence-corrected chi connectivity index (χ3v) is 2.35. The highest BCUT2D eigenvalue weighted by molar-refractivity contribution is 5.88. The standard InChI is InChI=1S/C12H13N3O5/c1-18-10-7-11(19-2)14-15(13-10)20-9-5-3-4-8(6-9)12(16)17/h3-7,13H,1-2H3,(H,16,17). The zero-order chi connectivity index (χ0) is 14.5. The number of hydrogen-bond acceptors (Lipinski definition) is 7. The van der Waals surface area contributed by atoms with Crippen LogP contribution in [0.15, 0.2) is 41.3 Å². The summed E-state index contributed by atoms with van der Waals surface area (Å²) in [5.41, 5.74) is 2.81. The summed E-state index contributed by atoms with van der Waals surface area (Å²) in [6.07, 6.45) is 1.54. The number of rotatable bonds is 4. The Morgan fingerprint density at radius 1 is 1.35 bits per heavy atom. The molecule has 8 nitrogen and oxygen atoms in total. The average Bonchev–Trinajstić information content (AvgIpc) is 2.47. The molecule has 2 rings (SSSR count). The minimum absolute atomic E-state index is 0.109. The average molecular weight is 279 g/mol. The first-order valence-corrected chi connectivity index (χ1v) is 5.59. The fourth-order valence-corrected chi connectivity index (χ4v) is 1.42. The topological polar surface area (TPSA) is 92.6 Å². The summed E-state index contributed by atoms with van der Waals surface area (Å²) in [6, 6.07) is 6.00. The van der Waals surface area contributed by atoms with Crippen molar-refractivity contribution >= 4 is 11.9 Å². The van der Waals surface area contributed by atoms with Crippen LogP contribution in [0.2, 0.25) is 0 Å². The molecule has 0 saturated carbocycles. The number of hydrogen-bond donors (Lipinski definition) is 2. The SMILES string of the molecule is COC1=CC(OC)=NN(Oc2cccc(C(=O)O)c2)N1. The maximum atomic E-state index is 10.9. The van der Waals surface area contributed by atoms with Crippen molar-refractivity contribution in [3.63, 3.8) is 0 Å². The summed E-state index contributed by atoms with van der Waals surface area (Å²) in [7, 11) is 2.93. The second kappa shape index (κ2) is 5.83. The van der Waals surface area contributed by atoms with Gasteiger partial charge in [0.15, 0.2) is 5.75 Å². The van der Waals surface area contributed by atoms with Crippen molar-refractivity contribution in [3.8, 4) is 5.75 Å². The molecule has 106 valence electrons. The van der Waals surface area contributed by atoms with Crippen LogP contribution in [0.5, 0.6) is 5.75 Å². The summed E-state index contributed by atoms with van der Waals surface area (Å²) in [5, 5.41) is 13.9. The Hall–Kier alpha value is -2.90. The van der Waals surface area contributed by atoms with Gasteiger partial charge in [-0.1, -0.05) is 11.2 Å². The number of carboxylic acids is 1. The lowest BCUT2D eigenvalue weighted by Crippen LogP contribution is -2.40. The Kier molecular flexibility index (Phi) is 3.94. The third-order valence-electron chi connectivity index (χ3n) is 2.35. The smallest absolute Gasteiger partial charge is 0.335 e. The fraction of sp³-hybridized carbons (Fsp3) is 0.167. The first-order chi connectivity index (χ1) is 9.62. The summed E-state index contributed by atoms with van der Waals surface area (Å²) in [6.45, 7) is 0. The molecule has 0 atom stereocenters. The molecule has 0 fully saturated rings. The molecule has 0 aromatic heterocycles. The molecule has 0 aliphatic carbocycles. The Bertz CT molecular complexity index is 570. The zero-order valence-electron chi connectivity index (χ0n) is 10.9. The lowest BCUT2D eigenvalue weighted by atomic mass is 10.2. The molecule has 1 aliphatic heterocycles. The van der Waals surface area contributed by atoms with Gasteiger partial charge in [0.25, 0.3) is 0 Å². The molecule has 20 heavy (non-hydrogen) atoms. The molecular weight excluding hydrogens is 266 g/mol. The van der Waals surface area contributed by atoms with E-state index in [9.17, 15) is 4.79 Å². The predicted octanol–water partition coefficient (Wildman–Crippen LogP) is 0.946. The van der Waals surface area contributed by atoms with Crippen molar-refractivity contribution in [1.29, 1.82) is 0 Å². The van der Waals surface area contributed by atoms with E-state index in [-0.39, 0.29) is 11.5 Å². The number of nitrogens with one attached hydrogen (secondary N) is 1. The highest BCUT2D eigenvalue weighted by atomic mass is 16.7. The monoisotopic (exact) mass is 279 g/mol. The molecular formula is C12H13N3O5. The molecule has 0 radical (unpaired) electrons. The van der Waals surface area contributed by atoms with Crippen LogP contribution in [0.3, 0.4) is 0 Å². The first kappa shape index (κ1) is 13.5. The lowest BCUT2D eigenvalue weighted by Gasteiger charge is -2.24. The van der Waals surface area contributed by atoms with Crippen LogP contribution >= 0.6 is 0 Å².